The second kappa shape index (κ2) is 11.9. The first-order chi connectivity index (χ1) is 14.8. The molecule has 0 unspecified atom stereocenters. The maximum absolute atomic E-state index is 11.9. The Balaban J connectivity index is 1.89. The van der Waals surface area contributed by atoms with Gasteiger partial charge in [-0.1, -0.05) is 43.1 Å². The smallest absolute Gasteiger partial charge is 0.331 e. The summed E-state index contributed by atoms with van der Waals surface area (Å²) in [5, 5.41) is 9.81. The monoisotopic (exact) mass is 446 g/mol. The van der Waals surface area contributed by atoms with E-state index in [4.69, 9.17) is 16.3 Å². The molecule has 3 amide bonds. The number of nitrogens with one attached hydrogen (secondary N) is 2. The van der Waals surface area contributed by atoms with E-state index in [0.29, 0.717) is 18.1 Å². The quantitative estimate of drug-likeness (QED) is 0.349. The summed E-state index contributed by atoms with van der Waals surface area (Å²) in [5.41, 5.74) is 3.33. The Morgan fingerprint density at radius 3 is 2.68 bits per heavy atom. The van der Waals surface area contributed by atoms with E-state index in [0.717, 1.165) is 35.4 Å². The molecule has 1 aromatic heterocycles. The Hall–Kier alpha value is -3.13. The summed E-state index contributed by atoms with van der Waals surface area (Å²) in [5.74, 6) is -1.39. The zero-order valence-corrected chi connectivity index (χ0v) is 18.7. The van der Waals surface area contributed by atoms with Crippen molar-refractivity contribution < 1.29 is 19.1 Å². The Kier molecular flexibility index (Phi) is 9.27. The first-order valence-electron chi connectivity index (χ1n) is 10.0. The van der Waals surface area contributed by atoms with Gasteiger partial charge < -0.3 is 10.1 Å². The van der Waals surface area contributed by atoms with E-state index < -0.39 is 24.5 Å². The fourth-order valence-electron chi connectivity index (χ4n) is 2.82. The van der Waals surface area contributed by atoms with Crippen LogP contribution in [0.15, 0.2) is 30.3 Å². The van der Waals surface area contributed by atoms with E-state index in [1.54, 1.807) is 6.08 Å². The summed E-state index contributed by atoms with van der Waals surface area (Å²) < 4.78 is 6.70. The summed E-state index contributed by atoms with van der Waals surface area (Å²) in [6.45, 7) is 6.16. The van der Waals surface area contributed by atoms with Crippen LogP contribution in [0.25, 0.3) is 6.08 Å². The number of rotatable bonds is 9. The highest BCUT2D eigenvalue weighted by Crippen LogP contribution is 2.20. The highest BCUT2D eigenvalue weighted by Gasteiger charge is 2.12. The molecule has 0 aliphatic heterocycles. The number of urea groups is 1. The fraction of sp³-hybridized carbons (Fsp3) is 0.364. The summed E-state index contributed by atoms with van der Waals surface area (Å²) in [4.78, 5) is 35.1. The molecule has 1 aromatic carbocycles. The largest absolute Gasteiger partial charge is 0.452 e. The zero-order valence-electron chi connectivity index (χ0n) is 17.9. The molecule has 9 heteroatoms. The van der Waals surface area contributed by atoms with Gasteiger partial charge in [-0.25, -0.2) is 9.59 Å². The van der Waals surface area contributed by atoms with Crippen LogP contribution in [0.1, 0.15) is 42.3 Å². The van der Waals surface area contributed by atoms with Gasteiger partial charge in [0.15, 0.2) is 6.61 Å². The van der Waals surface area contributed by atoms with Crippen molar-refractivity contribution >= 4 is 35.6 Å². The Bertz CT molecular complexity index is 968. The van der Waals surface area contributed by atoms with Gasteiger partial charge in [-0.05, 0) is 38.0 Å². The van der Waals surface area contributed by atoms with Crippen molar-refractivity contribution in [3.8, 4) is 0 Å². The second-order valence-corrected chi connectivity index (χ2v) is 7.34. The standard InChI is InChI=1S/C22H27ClN4O4/c1-4-5-12-24-22(30)25-20(28)14-31-21(29)11-10-18-15(2)26-27(16(18)3)13-17-8-6-7-9-19(17)23/h6-11H,4-5,12-14H2,1-3H3,(H2,24,25,28,30)/b11-10+. The van der Waals surface area contributed by atoms with E-state index in [1.807, 2.05) is 49.7 Å². The summed E-state index contributed by atoms with van der Waals surface area (Å²) >= 11 is 6.23. The molecule has 8 nitrogen and oxygen atoms in total. The van der Waals surface area contributed by atoms with Gasteiger partial charge in [0.2, 0.25) is 0 Å². The number of hydrogen-bond donors (Lipinski definition) is 2. The van der Waals surface area contributed by atoms with Crippen LogP contribution in [0.3, 0.4) is 0 Å². The van der Waals surface area contributed by atoms with E-state index in [9.17, 15) is 14.4 Å². The van der Waals surface area contributed by atoms with Crippen molar-refractivity contribution in [2.45, 2.75) is 40.2 Å². The summed E-state index contributed by atoms with van der Waals surface area (Å²) in [6, 6.07) is 6.92. The second-order valence-electron chi connectivity index (χ2n) is 6.93. The number of aryl methyl sites for hydroxylation is 1. The maximum Gasteiger partial charge on any atom is 0.331 e. The number of esters is 1. The van der Waals surface area contributed by atoms with Gasteiger partial charge in [-0.3, -0.25) is 14.8 Å². The minimum absolute atomic E-state index is 0.473. The van der Waals surface area contributed by atoms with Crippen molar-refractivity contribution in [2.24, 2.45) is 0 Å². The van der Waals surface area contributed by atoms with Crippen LogP contribution < -0.4 is 10.6 Å². The van der Waals surface area contributed by atoms with Crippen molar-refractivity contribution in [1.29, 1.82) is 0 Å². The first kappa shape index (κ1) is 24.1. The molecule has 31 heavy (non-hydrogen) atoms. The number of carbonyl (C=O) groups excluding carboxylic acids is 3. The maximum atomic E-state index is 11.9. The van der Waals surface area contributed by atoms with Crippen LogP contribution >= 0.6 is 11.6 Å². The molecule has 0 bridgehead atoms. The van der Waals surface area contributed by atoms with Crippen molar-refractivity contribution in [3.63, 3.8) is 0 Å². The normalized spacial score (nSPS) is 10.8. The number of halogens is 1. The molecular formula is C22H27ClN4O4. The molecule has 0 spiro atoms. The first-order valence-corrected chi connectivity index (χ1v) is 10.4. The average molecular weight is 447 g/mol. The van der Waals surface area contributed by atoms with E-state index in [1.165, 1.54) is 6.08 Å². The number of unbranched alkanes of at least 4 members (excludes halogenated alkanes) is 1. The van der Waals surface area contributed by atoms with Crippen molar-refractivity contribution in [3.05, 3.63) is 57.9 Å². The molecule has 0 aliphatic carbocycles. The average Bonchev–Trinajstić information content (AvgIpc) is 2.99. The van der Waals surface area contributed by atoms with Crippen LogP contribution in [0, 0.1) is 13.8 Å². The van der Waals surface area contributed by atoms with Gasteiger partial charge in [0, 0.05) is 28.9 Å². The fourth-order valence-corrected chi connectivity index (χ4v) is 3.01. The molecular weight excluding hydrogens is 420 g/mol. The third-order valence-electron chi connectivity index (χ3n) is 4.52. The van der Waals surface area contributed by atoms with Crippen molar-refractivity contribution in [1.82, 2.24) is 20.4 Å². The minimum atomic E-state index is -0.698. The van der Waals surface area contributed by atoms with Gasteiger partial charge in [-0.2, -0.15) is 5.10 Å². The zero-order chi connectivity index (χ0) is 22.8. The Labute approximate surface area is 186 Å². The van der Waals surface area contributed by atoms with Gasteiger partial charge in [0.1, 0.15) is 0 Å². The molecule has 0 atom stereocenters. The molecule has 166 valence electrons. The van der Waals surface area contributed by atoms with Crippen LogP contribution in [-0.2, 0) is 20.9 Å². The van der Waals surface area contributed by atoms with E-state index in [2.05, 4.69) is 15.7 Å². The van der Waals surface area contributed by atoms with Crippen LogP contribution in [0.2, 0.25) is 5.02 Å². The SMILES string of the molecule is CCCCNC(=O)NC(=O)COC(=O)/C=C/c1c(C)nn(Cc2ccccc2Cl)c1C. The highest BCUT2D eigenvalue weighted by molar-refractivity contribution is 6.31. The molecule has 0 fully saturated rings. The van der Waals surface area contributed by atoms with Gasteiger partial charge >= 0.3 is 12.0 Å². The molecule has 2 N–H and O–H groups in total. The van der Waals surface area contributed by atoms with Crippen LogP contribution in [0.5, 0.6) is 0 Å². The summed E-state index contributed by atoms with van der Waals surface area (Å²) in [7, 11) is 0. The number of aromatic nitrogens is 2. The number of amides is 3. The Morgan fingerprint density at radius 2 is 1.97 bits per heavy atom. The summed E-state index contributed by atoms with van der Waals surface area (Å²) in [6.07, 6.45) is 4.56. The third kappa shape index (κ3) is 7.57. The highest BCUT2D eigenvalue weighted by atomic mass is 35.5. The molecule has 0 saturated carbocycles. The predicted molar refractivity (Wildman–Crippen MR) is 119 cm³/mol. The third-order valence-corrected chi connectivity index (χ3v) is 4.88. The topological polar surface area (TPSA) is 102 Å². The predicted octanol–water partition coefficient (Wildman–Crippen LogP) is 3.38. The van der Waals surface area contributed by atoms with Crippen LogP contribution in [-0.4, -0.2) is 40.8 Å². The lowest BCUT2D eigenvalue weighted by Crippen LogP contribution is -2.41. The number of hydrogen-bond acceptors (Lipinski definition) is 5. The Morgan fingerprint density at radius 1 is 1.23 bits per heavy atom. The minimum Gasteiger partial charge on any atom is -0.452 e. The van der Waals surface area contributed by atoms with E-state index >= 15 is 0 Å². The molecule has 2 rings (SSSR count). The lowest BCUT2D eigenvalue weighted by Gasteiger charge is -2.07. The van der Waals surface area contributed by atoms with Crippen LogP contribution in [0.4, 0.5) is 4.79 Å². The molecule has 0 aliphatic rings. The number of benzene rings is 1. The number of nitrogens with zero attached hydrogens (tertiary/aromatic N) is 2. The lowest BCUT2D eigenvalue weighted by molar-refractivity contribution is -0.143. The number of ether oxygens (including phenoxy) is 1. The molecule has 0 saturated heterocycles. The van der Waals surface area contributed by atoms with E-state index in [-0.39, 0.29) is 0 Å². The molecule has 1 heterocycles. The van der Waals surface area contributed by atoms with Gasteiger partial charge in [0.05, 0.1) is 12.2 Å². The lowest BCUT2D eigenvalue weighted by atomic mass is 10.1. The van der Waals surface area contributed by atoms with Gasteiger partial charge in [-0.15, -0.1) is 0 Å². The number of carbonyl (C=O) groups is 3. The van der Waals surface area contributed by atoms with Gasteiger partial charge in [0.25, 0.3) is 5.91 Å². The molecule has 2 aromatic rings. The molecule has 0 radical (unpaired) electrons. The number of imide groups is 1. The van der Waals surface area contributed by atoms with Crippen molar-refractivity contribution in [2.75, 3.05) is 13.2 Å².